The van der Waals surface area contributed by atoms with E-state index in [-0.39, 0.29) is 24.1 Å². The lowest BCUT2D eigenvalue weighted by Crippen LogP contribution is -2.20. The summed E-state index contributed by atoms with van der Waals surface area (Å²) in [7, 11) is 0. The topological polar surface area (TPSA) is 95.5 Å². The molecule has 0 aliphatic rings. The Labute approximate surface area is 205 Å². The summed E-state index contributed by atoms with van der Waals surface area (Å²) < 4.78 is 18.4. The first-order chi connectivity index (χ1) is 16.9. The number of carbonyl (C=O) groups is 1. The van der Waals surface area contributed by atoms with Crippen LogP contribution in [-0.2, 0) is 24.4 Å². The lowest BCUT2D eigenvalue weighted by Gasteiger charge is -2.06. The summed E-state index contributed by atoms with van der Waals surface area (Å²) in [4.78, 5) is 17.3. The molecule has 0 atom stereocenters. The molecule has 1 aromatic carbocycles. The van der Waals surface area contributed by atoms with Gasteiger partial charge < -0.3 is 5.32 Å². The summed E-state index contributed by atoms with van der Waals surface area (Å²) in [6.45, 7) is 5.05. The number of halogens is 2. The van der Waals surface area contributed by atoms with Crippen LogP contribution in [0, 0.1) is 12.7 Å². The van der Waals surface area contributed by atoms with E-state index in [2.05, 4.69) is 25.6 Å². The van der Waals surface area contributed by atoms with Crippen LogP contribution in [0.15, 0.2) is 55.1 Å². The quantitative estimate of drug-likeness (QED) is 0.365. The van der Waals surface area contributed by atoms with Crippen molar-refractivity contribution in [2.24, 2.45) is 0 Å². The highest BCUT2D eigenvalue weighted by Gasteiger charge is 2.17. The Kier molecular flexibility index (Phi) is 6.04. The summed E-state index contributed by atoms with van der Waals surface area (Å²) in [5.41, 5.74) is 3.96. The molecule has 0 aliphatic heterocycles. The van der Waals surface area contributed by atoms with E-state index >= 15 is 0 Å². The van der Waals surface area contributed by atoms with Gasteiger partial charge in [0.1, 0.15) is 17.4 Å². The summed E-state index contributed by atoms with van der Waals surface area (Å²) in [5, 5.41) is 17.1. The minimum atomic E-state index is -0.339. The summed E-state index contributed by atoms with van der Waals surface area (Å²) in [5.74, 6) is -0.373. The van der Waals surface area contributed by atoms with Crippen molar-refractivity contribution in [3.8, 4) is 11.1 Å². The maximum Gasteiger partial charge on any atom is 0.247 e. The van der Waals surface area contributed by atoms with Crippen LogP contribution in [0.3, 0.4) is 0 Å². The molecular weight excluding hydrogens is 471 g/mol. The van der Waals surface area contributed by atoms with Crippen molar-refractivity contribution in [3.05, 3.63) is 77.2 Å². The Bertz CT molecular complexity index is 1520. The molecule has 0 unspecified atom stereocenters. The molecule has 0 spiro atoms. The van der Waals surface area contributed by atoms with E-state index in [1.807, 2.05) is 30.8 Å². The molecule has 1 N–H and O–H groups in total. The summed E-state index contributed by atoms with van der Waals surface area (Å²) in [6, 6.07) is 8.09. The SMILES string of the molecule is CCn1cc(Cn2cc(Cl)c(NC(=O)Cn3nc(C)c4c(-c5ccc(F)cc5)ccnc43)n2)cn1. The number of aromatic nitrogens is 7. The fourth-order valence-corrected chi connectivity index (χ4v) is 4.18. The Hall–Kier alpha value is -4.05. The van der Waals surface area contributed by atoms with Gasteiger partial charge in [-0.15, -0.1) is 0 Å². The van der Waals surface area contributed by atoms with Gasteiger partial charge in [0.25, 0.3) is 0 Å². The van der Waals surface area contributed by atoms with Gasteiger partial charge in [0.15, 0.2) is 11.5 Å². The number of rotatable bonds is 7. The van der Waals surface area contributed by atoms with Crippen LogP contribution >= 0.6 is 11.6 Å². The second kappa shape index (κ2) is 9.30. The molecular formula is C24H22ClFN8O. The lowest BCUT2D eigenvalue weighted by atomic mass is 10.0. The van der Waals surface area contributed by atoms with E-state index in [1.54, 1.807) is 35.4 Å². The molecule has 0 bridgehead atoms. The van der Waals surface area contributed by atoms with Crippen molar-refractivity contribution in [1.29, 1.82) is 0 Å². The predicted molar refractivity (Wildman–Crippen MR) is 131 cm³/mol. The molecule has 35 heavy (non-hydrogen) atoms. The smallest absolute Gasteiger partial charge is 0.247 e. The number of benzene rings is 1. The Balaban J connectivity index is 1.34. The molecule has 5 aromatic rings. The summed E-state index contributed by atoms with van der Waals surface area (Å²) >= 11 is 6.31. The number of fused-ring (bicyclic) bond motifs is 1. The highest BCUT2D eigenvalue weighted by molar-refractivity contribution is 6.33. The van der Waals surface area contributed by atoms with Crippen molar-refractivity contribution in [2.75, 3.05) is 5.32 Å². The highest BCUT2D eigenvalue weighted by atomic mass is 35.5. The van der Waals surface area contributed by atoms with Gasteiger partial charge >= 0.3 is 0 Å². The maximum atomic E-state index is 13.4. The molecule has 0 radical (unpaired) electrons. The molecule has 0 fully saturated rings. The van der Waals surface area contributed by atoms with Crippen LogP contribution in [0.5, 0.6) is 0 Å². The average molecular weight is 493 g/mol. The minimum Gasteiger partial charge on any atom is -0.306 e. The molecule has 9 nitrogen and oxygen atoms in total. The zero-order chi connectivity index (χ0) is 24.5. The molecule has 0 aliphatic carbocycles. The Morgan fingerprint density at radius 3 is 2.66 bits per heavy atom. The number of nitrogens with one attached hydrogen (secondary N) is 1. The maximum absolute atomic E-state index is 13.4. The van der Waals surface area contributed by atoms with Crippen molar-refractivity contribution in [1.82, 2.24) is 34.3 Å². The zero-order valence-electron chi connectivity index (χ0n) is 19.1. The van der Waals surface area contributed by atoms with Crippen LogP contribution in [0.25, 0.3) is 22.2 Å². The van der Waals surface area contributed by atoms with E-state index in [4.69, 9.17) is 11.6 Å². The molecule has 4 heterocycles. The number of hydrogen-bond donors (Lipinski definition) is 1. The van der Waals surface area contributed by atoms with Gasteiger partial charge in [0.05, 0.1) is 18.4 Å². The second-order valence-electron chi connectivity index (χ2n) is 8.08. The van der Waals surface area contributed by atoms with Crippen LogP contribution in [-0.4, -0.2) is 40.2 Å². The number of amides is 1. The molecule has 178 valence electrons. The number of anilines is 1. The van der Waals surface area contributed by atoms with Crippen LogP contribution in [0.2, 0.25) is 5.02 Å². The van der Waals surface area contributed by atoms with Gasteiger partial charge in [0.2, 0.25) is 5.91 Å². The fourth-order valence-electron chi connectivity index (χ4n) is 3.98. The van der Waals surface area contributed by atoms with Gasteiger partial charge in [-0.1, -0.05) is 23.7 Å². The first kappa shape index (κ1) is 22.7. The van der Waals surface area contributed by atoms with E-state index < -0.39 is 0 Å². The molecule has 4 aromatic heterocycles. The largest absolute Gasteiger partial charge is 0.306 e. The second-order valence-corrected chi connectivity index (χ2v) is 8.49. The van der Waals surface area contributed by atoms with Crippen molar-refractivity contribution in [3.63, 3.8) is 0 Å². The monoisotopic (exact) mass is 492 g/mol. The van der Waals surface area contributed by atoms with Crippen LogP contribution in [0.1, 0.15) is 18.2 Å². The number of pyridine rings is 1. The van der Waals surface area contributed by atoms with Gasteiger partial charge in [-0.25, -0.2) is 14.1 Å². The van der Waals surface area contributed by atoms with E-state index in [0.29, 0.717) is 17.2 Å². The molecule has 11 heteroatoms. The zero-order valence-corrected chi connectivity index (χ0v) is 19.9. The number of nitrogens with zero attached hydrogens (tertiary/aromatic N) is 7. The minimum absolute atomic E-state index is 0.0727. The van der Waals surface area contributed by atoms with Crippen molar-refractivity contribution >= 4 is 34.4 Å². The van der Waals surface area contributed by atoms with Crippen LogP contribution in [0.4, 0.5) is 10.2 Å². The van der Waals surface area contributed by atoms with Crippen molar-refractivity contribution in [2.45, 2.75) is 33.5 Å². The number of carbonyl (C=O) groups excluding carboxylic acids is 1. The summed E-state index contributed by atoms with van der Waals surface area (Å²) in [6.07, 6.45) is 7.02. The third kappa shape index (κ3) is 4.65. The van der Waals surface area contributed by atoms with Crippen LogP contribution < -0.4 is 5.32 Å². The lowest BCUT2D eigenvalue weighted by molar-refractivity contribution is -0.116. The molecule has 1 amide bonds. The van der Waals surface area contributed by atoms with E-state index in [9.17, 15) is 9.18 Å². The standard InChI is InChI=1S/C24H22ClFN8O/c1-3-32-11-16(10-28-32)12-33-13-20(25)23(31-33)29-21(35)14-34-24-22(15(2)30-34)19(8-9-27-24)17-4-6-18(26)7-5-17/h4-11,13H,3,12,14H2,1-2H3,(H,29,31,35). The molecule has 0 saturated carbocycles. The van der Waals surface area contributed by atoms with Gasteiger partial charge in [-0.05, 0) is 43.2 Å². The third-order valence-corrected chi connectivity index (χ3v) is 5.86. The first-order valence-electron chi connectivity index (χ1n) is 11.0. The van der Waals surface area contributed by atoms with Gasteiger partial charge in [-0.3, -0.25) is 14.2 Å². The third-order valence-electron chi connectivity index (χ3n) is 5.59. The Morgan fingerprint density at radius 2 is 1.91 bits per heavy atom. The van der Waals surface area contributed by atoms with E-state index in [1.165, 1.54) is 16.8 Å². The number of hydrogen-bond acceptors (Lipinski definition) is 5. The normalized spacial score (nSPS) is 11.3. The van der Waals surface area contributed by atoms with Gasteiger partial charge in [-0.2, -0.15) is 15.3 Å². The highest BCUT2D eigenvalue weighted by Crippen LogP contribution is 2.30. The Morgan fingerprint density at radius 1 is 1.11 bits per heavy atom. The predicted octanol–water partition coefficient (Wildman–Crippen LogP) is 4.30. The molecule has 0 saturated heterocycles. The fraction of sp³-hybridized carbons (Fsp3) is 0.208. The number of aryl methyl sites for hydroxylation is 2. The molecule has 5 rings (SSSR count). The first-order valence-corrected chi connectivity index (χ1v) is 11.4. The average Bonchev–Trinajstić information content (AvgIpc) is 3.52. The van der Waals surface area contributed by atoms with Crippen molar-refractivity contribution < 1.29 is 9.18 Å². The van der Waals surface area contributed by atoms with Gasteiger partial charge in [0, 0.05) is 36.1 Å². The van der Waals surface area contributed by atoms with E-state index in [0.717, 1.165) is 34.3 Å².